The zero-order valence-electron chi connectivity index (χ0n) is 10.5. The van der Waals surface area contributed by atoms with E-state index >= 15 is 0 Å². The molecule has 1 aromatic rings. The van der Waals surface area contributed by atoms with E-state index in [-0.39, 0.29) is 12.4 Å². The SMILES string of the molecule is CCOC(=O)C1=C(N)Cc2c(CC)cc(F)cc21. The lowest BCUT2D eigenvalue weighted by Gasteiger charge is -2.09. The Morgan fingerprint density at radius 2 is 2.17 bits per heavy atom. The lowest BCUT2D eigenvalue weighted by molar-refractivity contribution is -0.136. The van der Waals surface area contributed by atoms with Gasteiger partial charge in [0.05, 0.1) is 12.2 Å². The number of carbonyl (C=O) groups excluding carboxylic acids is 1. The molecule has 0 aromatic heterocycles. The van der Waals surface area contributed by atoms with E-state index in [2.05, 4.69) is 0 Å². The third kappa shape index (κ3) is 1.98. The number of carbonyl (C=O) groups is 1. The summed E-state index contributed by atoms with van der Waals surface area (Å²) in [5.41, 5.74) is 9.10. The van der Waals surface area contributed by atoms with Crippen LogP contribution >= 0.6 is 0 Å². The van der Waals surface area contributed by atoms with Crippen molar-refractivity contribution in [2.75, 3.05) is 6.61 Å². The number of hydrogen-bond acceptors (Lipinski definition) is 3. The molecular formula is C14H16FNO2. The van der Waals surface area contributed by atoms with Crippen LogP contribution in [0.25, 0.3) is 5.57 Å². The van der Waals surface area contributed by atoms with Gasteiger partial charge in [-0.25, -0.2) is 9.18 Å². The van der Waals surface area contributed by atoms with E-state index < -0.39 is 5.97 Å². The van der Waals surface area contributed by atoms with Crippen molar-refractivity contribution in [2.45, 2.75) is 26.7 Å². The van der Waals surface area contributed by atoms with Crippen LogP contribution in [0.4, 0.5) is 4.39 Å². The number of benzene rings is 1. The third-order valence-electron chi connectivity index (χ3n) is 3.13. The van der Waals surface area contributed by atoms with E-state index in [1.807, 2.05) is 6.92 Å². The predicted molar refractivity (Wildman–Crippen MR) is 67.2 cm³/mol. The molecule has 0 unspecified atom stereocenters. The molecule has 0 spiro atoms. The summed E-state index contributed by atoms with van der Waals surface area (Å²) >= 11 is 0. The first-order chi connectivity index (χ1) is 8.58. The van der Waals surface area contributed by atoms with Gasteiger partial charge in [0.1, 0.15) is 5.82 Å². The van der Waals surface area contributed by atoms with Gasteiger partial charge in [-0.1, -0.05) is 6.92 Å². The maximum Gasteiger partial charge on any atom is 0.340 e. The van der Waals surface area contributed by atoms with Crippen LogP contribution in [-0.2, 0) is 22.4 Å². The molecule has 18 heavy (non-hydrogen) atoms. The fourth-order valence-corrected chi connectivity index (χ4v) is 2.34. The van der Waals surface area contributed by atoms with Crippen molar-refractivity contribution >= 4 is 11.5 Å². The molecule has 0 saturated heterocycles. The molecule has 0 fully saturated rings. The summed E-state index contributed by atoms with van der Waals surface area (Å²) in [4.78, 5) is 11.8. The number of fused-ring (bicyclic) bond motifs is 1. The van der Waals surface area contributed by atoms with Crippen LogP contribution in [0, 0.1) is 5.82 Å². The number of rotatable bonds is 3. The fraction of sp³-hybridized carbons (Fsp3) is 0.357. The number of nitrogens with two attached hydrogens (primary N) is 1. The van der Waals surface area contributed by atoms with Crippen molar-refractivity contribution in [3.8, 4) is 0 Å². The average Bonchev–Trinajstić information content (AvgIpc) is 2.64. The minimum Gasteiger partial charge on any atom is -0.462 e. The Labute approximate surface area is 105 Å². The van der Waals surface area contributed by atoms with Crippen molar-refractivity contribution < 1.29 is 13.9 Å². The van der Waals surface area contributed by atoms with Crippen LogP contribution in [0.1, 0.15) is 30.5 Å². The van der Waals surface area contributed by atoms with Gasteiger partial charge in [-0.05, 0) is 42.2 Å². The molecule has 4 heteroatoms. The number of aryl methyl sites for hydroxylation is 1. The van der Waals surface area contributed by atoms with E-state index in [1.54, 1.807) is 6.92 Å². The van der Waals surface area contributed by atoms with Crippen LogP contribution in [0.3, 0.4) is 0 Å². The zero-order chi connectivity index (χ0) is 13.3. The Kier molecular flexibility index (Phi) is 3.36. The largest absolute Gasteiger partial charge is 0.462 e. The van der Waals surface area contributed by atoms with Crippen molar-refractivity contribution in [2.24, 2.45) is 5.73 Å². The quantitative estimate of drug-likeness (QED) is 0.835. The van der Waals surface area contributed by atoms with E-state index in [1.165, 1.54) is 12.1 Å². The summed E-state index contributed by atoms with van der Waals surface area (Å²) in [7, 11) is 0. The molecule has 0 amide bonds. The van der Waals surface area contributed by atoms with Gasteiger partial charge in [-0.3, -0.25) is 0 Å². The average molecular weight is 249 g/mol. The van der Waals surface area contributed by atoms with E-state index in [9.17, 15) is 9.18 Å². The minimum absolute atomic E-state index is 0.279. The lowest BCUT2D eigenvalue weighted by atomic mass is 9.98. The third-order valence-corrected chi connectivity index (χ3v) is 3.13. The monoisotopic (exact) mass is 249 g/mol. The molecule has 2 N–H and O–H groups in total. The maximum absolute atomic E-state index is 13.5. The second kappa shape index (κ2) is 4.80. The van der Waals surface area contributed by atoms with Crippen molar-refractivity contribution in [3.63, 3.8) is 0 Å². The van der Waals surface area contributed by atoms with Crippen LogP contribution in [0.15, 0.2) is 17.8 Å². The lowest BCUT2D eigenvalue weighted by Crippen LogP contribution is -2.10. The normalized spacial score (nSPS) is 13.7. The van der Waals surface area contributed by atoms with Crippen LogP contribution in [0.5, 0.6) is 0 Å². The Morgan fingerprint density at radius 1 is 1.44 bits per heavy atom. The Hall–Kier alpha value is -1.84. The summed E-state index contributed by atoms with van der Waals surface area (Å²) < 4.78 is 18.5. The van der Waals surface area contributed by atoms with Gasteiger partial charge in [0.25, 0.3) is 0 Å². The summed E-state index contributed by atoms with van der Waals surface area (Å²) in [6.45, 7) is 3.96. The Balaban J connectivity index is 2.52. The second-order valence-corrected chi connectivity index (χ2v) is 4.24. The topological polar surface area (TPSA) is 52.3 Å². The van der Waals surface area contributed by atoms with Crippen LogP contribution < -0.4 is 5.73 Å². The molecule has 0 heterocycles. The van der Waals surface area contributed by atoms with Gasteiger partial charge < -0.3 is 10.5 Å². The van der Waals surface area contributed by atoms with Gasteiger partial charge in [-0.2, -0.15) is 0 Å². The molecule has 0 atom stereocenters. The van der Waals surface area contributed by atoms with Crippen LogP contribution in [0.2, 0.25) is 0 Å². The summed E-state index contributed by atoms with van der Waals surface area (Å²) in [5, 5.41) is 0. The Morgan fingerprint density at radius 3 is 2.78 bits per heavy atom. The highest BCUT2D eigenvalue weighted by atomic mass is 19.1. The van der Waals surface area contributed by atoms with Crippen molar-refractivity contribution in [1.82, 2.24) is 0 Å². The van der Waals surface area contributed by atoms with Crippen molar-refractivity contribution in [3.05, 3.63) is 40.3 Å². The molecule has 1 aromatic carbocycles. The molecule has 0 saturated carbocycles. The van der Waals surface area contributed by atoms with E-state index in [0.717, 1.165) is 11.1 Å². The predicted octanol–water partition coefficient (Wildman–Crippen LogP) is 2.18. The first-order valence-electron chi connectivity index (χ1n) is 6.05. The molecule has 3 nitrogen and oxygen atoms in total. The maximum atomic E-state index is 13.5. The molecule has 1 aliphatic rings. The number of halogens is 1. The minimum atomic E-state index is -0.471. The highest BCUT2D eigenvalue weighted by Gasteiger charge is 2.28. The summed E-state index contributed by atoms with van der Waals surface area (Å²) in [5.74, 6) is -0.816. The van der Waals surface area contributed by atoms with Crippen molar-refractivity contribution in [1.29, 1.82) is 0 Å². The van der Waals surface area contributed by atoms with E-state index in [4.69, 9.17) is 10.5 Å². The number of ether oxygens (including phenoxy) is 1. The Bertz CT molecular complexity index is 535. The molecule has 0 bridgehead atoms. The highest BCUT2D eigenvalue weighted by molar-refractivity contribution is 6.19. The number of hydrogen-bond donors (Lipinski definition) is 1. The first kappa shape index (κ1) is 12.6. The second-order valence-electron chi connectivity index (χ2n) is 4.24. The van der Waals surface area contributed by atoms with E-state index in [0.29, 0.717) is 29.7 Å². The van der Waals surface area contributed by atoms with Gasteiger partial charge >= 0.3 is 5.97 Å². The highest BCUT2D eigenvalue weighted by Crippen LogP contribution is 2.34. The van der Waals surface area contributed by atoms with Gasteiger partial charge in [-0.15, -0.1) is 0 Å². The fourth-order valence-electron chi connectivity index (χ4n) is 2.34. The van der Waals surface area contributed by atoms with Crippen LogP contribution in [-0.4, -0.2) is 12.6 Å². The molecule has 96 valence electrons. The first-order valence-corrected chi connectivity index (χ1v) is 6.05. The molecule has 0 radical (unpaired) electrons. The molecule has 2 rings (SSSR count). The number of esters is 1. The smallest absolute Gasteiger partial charge is 0.340 e. The van der Waals surface area contributed by atoms with Gasteiger partial charge in [0, 0.05) is 12.1 Å². The zero-order valence-corrected chi connectivity index (χ0v) is 10.5. The summed E-state index contributed by atoms with van der Waals surface area (Å²) in [6.07, 6.45) is 1.20. The standard InChI is InChI=1S/C14H16FNO2/c1-3-8-5-9(15)6-11-10(8)7-12(16)13(11)14(17)18-4-2/h5-6H,3-4,7,16H2,1-2H3. The van der Waals surface area contributed by atoms with Gasteiger partial charge in [0.2, 0.25) is 0 Å². The summed E-state index contributed by atoms with van der Waals surface area (Å²) in [6, 6.07) is 2.86. The molecule has 0 aliphatic heterocycles. The molecule has 1 aliphatic carbocycles. The number of allylic oxidation sites excluding steroid dienone is 1. The molecular weight excluding hydrogens is 233 g/mol. The van der Waals surface area contributed by atoms with Gasteiger partial charge in [0.15, 0.2) is 0 Å².